The Labute approximate surface area is 162 Å². The van der Waals surface area contributed by atoms with E-state index in [1.165, 1.54) is 18.2 Å². The molecule has 0 saturated carbocycles. The highest BCUT2D eigenvalue weighted by molar-refractivity contribution is 7.92. The lowest BCUT2D eigenvalue weighted by Gasteiger charge is -2.22. The van der Waals surface area contributed by atoms with Crippen molar-refractivity contribution in [3.8, 4) is 0 Å². The van der Waals surface area contributed by atoms with Crippen molar-refractivity contribution in [2.45, 2.75) is 6.92 Å². The molecule has 0 unspecified atom stereocenters. The lowest BCUT2D eigenvalue weighted by Crippen LogP contribution is -2.37. The molecule has 1 N–H and O–H groups in total. The van der Waals surface area contributed by atoms with Crippen LogP contribution in [0.1, 0.15) is 17.3 Å². The Balaban J connectivity index is 2.19. The highest BCUT2D eigenvalue weighted by atomic mass is 35.5. The third kappa shape index (κ3) is 5.70. The van der Waals surface area contributed by atoms with Crippen LogP contribution in [0.25, 0.3) is 0 Å². The molecule has 1 amide bonds. The van der Waals surface area contributed by atoms with Crippen LogP contribution in [0, 0.1) is 0 Å². The molecule has 9 heteroatoms. The van der Waals surface area contributed by atoms with Crippen LogP contribution in [0.3, 0.4) is 0 Å². The smallest absolute Gasteiger partial charge is 0.338 e. The molecular formula is C18H19ClN2O5S. The second kappa shape index (κ2) is 8.88. The number of amides is 1. The Morgan fingerprint density at radius 1 is 1.15 bits per heavy atom. The van der Waals surface area contributed by atoms with Crippen LogP contribution in [0.2, 0.25) is 5.02 Å². The maximum absolute atomic E-state index is 12.4. The number of anilines is 2. The fourth-order valence-electron chi connectivity index (χ4n) is 2.30. The van der Waals surface area contributed by atoms with Gasteiger partial charge in [0.15, 0.2) is 0 Å². The first kappa shape index (κ1) is 20.7. The van der Waals surface area contributed by atoms with Gasteiger partial charge in [-0.3, -0.25) is 9.10 Å². The van der Waals surface area contributed by atoms with Gasteiger partial charge in [-0.25, -0.2) is 13.2 Å². The standard InChI is InChI=1S/C18H19ClN2O5S/c1-3-26-18(23)13-7-6-8-14(11-13)20-17(22)12-21(27(2,24)25)16-10-5-4-9-15(16)19/h4-11H,3,12H2,1-2H3,(H,20,22). The molecule has 0 saturated heterocycles. The summed E-state index contributed by atoms with van der Waals surface area (Å²) in [4.78, 5) is 24.2. The lowest BCUT2D eigenvalue weighted by molar-refractivity contribution is -0.114. The number of benzene rings is 2. The molecule has 7 nitrogen and oxygen atoms in total. The average Bonchev–Trinajstić information content (AvgIpc) is 2.60. The number of esters is 1. The molecule has 0 bridgehead atoms. The van der Waals surface area contributed by atoms with Crippen LogP contribution in [-0.4, -0.2) is 39.7 Å². The number of carbonyl (C=O) groups is 2. The summed E-state index contributed by atoms with van der Waals surface area (Å²) in [6.07, 6.45) is 0.991. The summed E-state index contributed by atoms with van der Waals surface area (Å²) in [5.41, 5.74) is 0.830. The summed E-state index contributed by atoms with van der Waals surface area (Å²) < 4.78 is 30.1. The second-order valence-electron chi connectivity index (χ2n) is 5.57. The fourth-order valence-corrected chi connectivity index (χ4v) is 3.46. The van der Waals surface area contributed by atoms with Gasteiger partial charge in [-0.05, 0) is 37.3 Å². The third-order valence-electron chi connectivity index (χ3n) is 3.47. The van der Waals surface area contributed by atoms with Crippen LogP contribution in [0.15, 0.2) is 48.5 Å². The number of sulfonamides is 1. The number of carbonyl (C=O) groups excluding carboxylic acids is 2. The highest BCUT2D eigenvalue weighted by Crippen LogP contribution is 2.27. The number of nitrogens with one attached hydrogen (secondary N) is 1. The molecule has 0 aliphatic rings. The summed E-state index contributed by atoms with van der Waals surface area (Å²) in [6, 6.07) is 12.5. The largest absolute Gasteiger partial charge is 0.462 e. The Morgan fingerprint density at radius 3 is 2.48 bits per heavy atom. The molecule has 2 aromatic carbocycles. The third-order valence-corrected chi connectivity index (χ3v) is 4.91. The number of hydrogen-bond acceptors (Lipinski definition) is 5. The van der Waals surface area contributed by atoms with E-state index >= 15 is 0 Å². The number of rotatable bonds is 7. The van der Waals surface area contributed by atoms with E-state index < -0.39 is 28.4 Å². The van der Waals surface area contributed by atoms with Crippen LogP contribution >= 0.6 is 11.6 Å². The van der Waals surface area contributed by atoms with E-state index in [2.05, 4.69) is 5.32 Å². The van der Waals surface area contributed by atoms with Gasteiger partial charge in [-0.15, -0.1) is 0 Å². The van der Waals surface area contributed by atoms with E-state index in [4.69, 9.17) is 16.3 Å². The van der Waals surface area contributed by atoms with E-state index in [1.54, 1.807) is 37.3 Å². The van der Waals surface area contributed by atoms with Crippen molar-refractivity contribution in [3.05, 3.63) is 59.1 Å². The molecule has 27 heavy (non-hydrogen) atoms. The van der Waals surface area contributed by atoms with Crippen LogP contribution in [0.5, 0.6) is 0 Å². The molecule has 0 aromatic heterocycles. The van der Waals surface area contributed by atoms with Gasteiger partial charge in [0.05, 0.1) is 29.1 Å². The van der Waals surface area contributed by atoms with E-state index in [0.717, 1.165) is 10.6 Å². The molecule has 0 radical (unpaired) electrons. The minimum Gasteiger partial charge on any atom is -0.462 e. The fraction of sp³-hybridized carbons (Fsp3) is 0.222. The summed E-state index contributed by atoms with van der Waals surface area (Å²) >= 11 is 6.06. The SMILES string of the molecule is CCOC(=O)c1cccc(NC(=O)CN(c2ccccc2Cl)S(C)(=O)=O)c1. The monoisotopic (exact) mass is 410 g/mol. The van der Waals surface area contributed by atoms with Gasteiger partial charge in [0, 0.05) is 5.69 Å². The predicted molar refractivity (Wildman–Crippen MR) is 105 cm³/mol. The lowest BCUT2D eigenvalue weighted by atomic mass is 10.2. The van der Waals surface area contributed by atoms with Gasteiger partial charge in [0.2, 0.25) is 15.9 Å². The van der Waals surface area contributed by atoms with E-state index in [0.29, 0.717) is 5.69 Å². The Kier molecular flexibility index (Phi) is 6.81. The number of hydrogen-bond donors (Lipinski definition) is 1. The Bertz CT molecular complexity index is 946. The van der Waals surface area contributed by atoms with Crippen molar-refractivity contribution in [2.24, 2.45) is 0 Å². The zero-order valence-electron chi connectivity index (χ0n) is 14.8. The first-order chi connectivity index (χ1) is 12.7. The molecule has 0 aliphatic heterocycles. The van der Waals surface area contributed by atoms with Gasteiger partial charge in [-0.1, -0.05) is 29.8 Å². The minimum absolute atomic E-state index is 0.206. The molecule has 0 atom stereocenters. The average molecular weight is 411 g/mol. The zero-order chi connectivity index (χ0) is 20.0. The van der Waals surface area contributed by atoms with E-state index in [9.17, 15) is 18.0 Å². The van der Waals surface area contributed by atoms with Gasteiger partial charge < -0.3 is 10.1 Å². The van der Waals surface area contributed by atoms with Crippen molar-refractivity contribution in [1.29, 1.82) is 0 Å². The summed E-state index contributed by atoms with van der Waals surface area (Å²) in [5.74, 6) is -1.09. The maximum Gasteiger partial charge on any atom is 0.338 e. The van der Waals surface area contributed by atoms with E-state index in [1.807, 2.05) is 0 Å². The van der Waals surface area contributed by atoms with Crippen molar-refractivity contribution in [2.75, 3.05) is 29.0 Å². The highest BCUT2D eigenvalue weighted by Gasteiger charge is 2.23. The summed E-state index contributed by atoms with van der Waals surface area (Å²) in [5, 5.41) is 2.78. The van der Waals surface area contributed by atoms with Crippen LogP contribution in [0.4, 0.5) is 11.4 Å². The van der Waals surface area contributed by atoms with Crippen molar-refractivity contribution >= 4 is 44.9 Å². The first-order valence-corrected chi connectivity index (χ1v) is 10.2. The van der Waals surface area contributed by atoms with Crippen molar-refractivity contribution in [1.82, 2.24) is 0 Å². The summed E-state index contributed by atoms with van der Waals surface area (Å²) in [7, 11) is -3.74. The topological polar surface area (TPSA) is 92.8 Å². The zero-order valence-corrected chi connectivity index (χ0v) is 16.4. The van der Waals surface area contributed by atoms with Crippen LogP contribution < -0.4 is 9.62 Å². The second-order valence-corrected chi connectivity index (χ2v) is 7.88. The molecule has 2 rings (SSSR count). The molecule has 0 fully saturated rings. The van der Waals surface area contributed by atoms with Gasteiger partial charge >= 0.3 is 5.97 Å². The van der Waals surface area contributed by atoms with Crippen molar-refractivity contribution < 1.29 is 22.7 Å². The molecular weight excluding hydrogens is 392 g/mol. The van der Waals surface area contributed by atoms with Crippen molar-refractivity contribution in [3.63, 3.8) is 0 Å². The van der Waals surface area contributed by atoms with Gasteiger partial charge in [0.1, 0.15) is 6.54 Å². The Hall–Kier alpha value is -2.58. The predicted octanol–water partition coefficient (Wildman–Crippen LogP) is 2.92. The molecule has 144 valence electrons. The normalized spacial score (nSPS) is 10.9. The minimum atomic E-state index is -3.74. The number of nitrogens with zero attached hydrogens (tertiary/aromatic N) is 1. The molecule has 0 aliphatic carbocycles. The number of ether oxygens (including phenoxy) is 1. The number of halogens is 1. The number of para-hydroxylation sites is 1. The maximum atomic E-state index is 12.4. The van der Waals surface area contributed by atoms with Gasteiger partial charge in [0.25, 0.3) is 0 Å². The summed E-state index contributed by atoms with van der Waals surface area (Å²) in [6.45, 7) is 1.46. The van der Waals surface area contributed by atoms with Crippen LogP contribution in [-0.2, 0) is 19.6 Å². The quantitative estimate of drug-likeness (QED) is 0.708. The first-order valence-electron chi connectivity index (χ1n) is 8.01. The van der Waals surface area contributed by atoms with E-state index in [-0.39, 0.29) is 22.9 Å². The molecule has 0 spiro atoms. The molecule has 0 heterocycles. The van der Waals surface area contributed by atoms with Gasteiger partial charge in [-0.2, -0.15) is 0 Å². The Morgan fingerprint density at radius 2 is 1.85 bits per heavy atom. The molecule has 2 aromatic rings.